The number of aliphatic hydroxyl groups excluding tert-OH is 1. The molecule has 100 valence electrons. The first kappa shape index (κ1) is 14.6. The molecule has 5 nitrogen and oxygen atoms in total. The number of hydrogen-bond donors (Lipinski definition) is 3. The molecule has 0 aromatic heterocycles. The van der Waals surface area contributed by atoms with Gasteiger partial charge in [0.1, 0.15) is 5.84 Å². The van der Waals surface area contributed by atoms with Crippen molar-refractivity contribution in [2.75, 3.05) is 33.4 Å². The molecule has 0 aliphatic rings. The SMILES string of the molecule is CN(CCOCCO)Cc1ccc(C(=N)N)cc1. The zero-order valence-electron chi connectivity index (χ0n) is 10.7. The van der Waals surface area contributed by atoms with Crippen molar-refractivity contribution in [3.05, 3.63) is 35.4 Å². The Balaban J connectivity index is 2.35. The molecule has 0 radical (unpaired) electrons. The molecule has 4 N–H and O–H groups in total. The largest absolute Gasteiger partial charge is 0.394 e. The first-order valence-electron chi connectivity index (χ1n) is 5.94. The average Bonchev–Trinajstić information content (AvgIpc) is 2.35. The van der Waals surface area contributed by atoms with Crippen molar-refractivity contribution >= 4 is 5.84 Å². The molecule has 0 fully saturated rings. The van der Waals surface area contributed by atoms with Crippen LogP contribution in [0.4, 0.5) is 0 Å². The van der Waals surface area contributed by atoms with Gasteiger partial charge >= 0.3 is 0 Å². The number of nitrogen functional groups attached to an aromatic ring is 1. The van der Waals surface area contributed by atoms with E-state index in [1.807, 2.05) is 31.3 Å². The molecule has 5 heteroatoms. The minimum atomic E-state index is 0.0657. The van der Waals surface area contributed by atoms with E-state index in [-0.39, 0.29) is 12.4 Å². The van der Waals surface area contributed by atoms with Gasteiger partial charge in [0, 0.05) is 18.7 Å². The van der Waals surface area contributed by atoms with Crippen molar-refractivity contribution < 1.29 is 9.84 Å². The Morgan fingerprint density at radius 2 is 2.00 bits per heavy atom. The normalized spacial score (nSPS) is 10.8. The second-order valence-electron chi connectivity index (χ2n) is 4.18. The molecule has 0 aliphatic carbocycles. The third-order valence-electron chi connectivity index (χ3n) is 2.57. The van der Waals surface area contributed by atoms with Crippen molar-refractivity contribution in [1.29, 1.82) is 5.41 Å². The zero-order chi connectivity index (χ0) is 13.4. The van der Waals surface area contributed by atoms with Gasteiger partial charge in [0.15, 0.2) is 0 Å². The predicted octanol–water partition coefficient (Wildman–Crippen LogP) is 0.411. The summed E-state index contributed by atoms with van der Waals surface area (Å²) >= 11 is 0. The molecule has 1 aromatic rings. The molecule has 0 spiro atoms. The molecular weight excluding hydrogens is 230 g/mol. The van der Waals surface area contributed by atoms with Crippen molar-refractivity contribution in [1.82, 2.24) is 4.90 Å². The van der Waals surface area contributed by atoms with Crippen molar-refractivity contribution in [2.45, 2.75) is 6.54 Å². The zero-order valence-corrected chi connectivity index (χ0v) is 10.7. The third-order valence-corrected chi connectivity index (χ3v) is 2.57. The maximum atomic E-state index is 8.57. The minimum absolute atomic E-state index is 0.0657. The van der Waals surface area contributed by atoms with E-state index >= 15 is 0 Å². The monoisotopic (exact) mass is 251 g/mol. The topological polar surface area (TPSA) is 82.6 Å². The lowest BCUT2D eigenvalue weighted by Crippen LogP contribution is -2.23. The van der Waals surface area contributed by atoms with Crippen molar-refractivity contribution in [2.24, 2.45) is 5.73 Å². The van der Waals surface area contributed by atoms with Gasteiger partial charge in [-0.2, -0.15) is 0 Å². The van der Waals surface area contributed by atoms with Crippen LogP contribution in [-0.4, -0.2) is 49.3 Å². The van der Waals surface area contributed by atoms with E-state index < -0.39 is 0 Å². The van der Waals surface area contributed by atoms with Gasteiger partial charge in [-0.25, -0.2) is 0 Å². The number of nitrogens with two attached hydrogens (primary N) is 1. The first-order valence-corrected chi connectivity index (χ1v) is 5.94. The van der Waals surface area contributed by atoms with Crippen LogP contribution in [-0.2, 0) is 11.3 Å². The van der Waals surface area contributed by atoms with Gasteiger partial charge in [0.2, 0.25) is 0 Å². The molecule has 0 saturated heterocycles. The molecule has 0 bridgehead atoms. The maximum Gasteiger partial charge on any atom is 0.122 e. The fraction of sp³-hybridized carbons (Fsp3) is 0.462. The summed E-state index contributed by atoms with van der Waals surface area (Å²) in [5.41, 5.74) is 7.31. The summed E-state index contributed by atoms with van der Waals surface area (Å²) in [6.45, 7) is 2.70. The van der Waals surface area contributed by atoms with Crippen LogP contribution in [0, 0.1) is 5.41 Å². The third kappa shape index (κ3) is 5.27. The molecule has 0 aliphatic heterocycles. The lowest BCUT2D eigenvalue weighted by Gasteiger charge is -2.16. The van der Waals surface area contributed by atoms with Gasteiger partial charge in [-0.1, -0.05) is 24.3 Å². The Morgan fingerprint density at radius 1 is 1.33 bits per heavy atom. The Labute approximate surface area is 108 Å². The molecule has 0 amide bonds. The highest BCUT2D eigenvalue weighted by Gasteiger charge is 2.01. The van der Waals surface area contributed by atoms with E-state index in [9.17, 15) is 0 Å². The maximum absolute atomic E-state index is 8.57. The fourth-order valence-electron chi connectivity index (χ4n) is 1.57. The van der Waals surface area contributed by atoms with Crippen molar-refractivity contribution in [3.63, 3.8) is 0 Å². The van der Waals surface area contributed by atoms with E-state index in [2.05, 4.69) is 4.90 Å². The second-order valence-corrected chi connectivity index (χ2v) is 4.18. The van der Waals surface area contributed by atoms with Crippen molar-refractivity contribution in [3.8, 4) is 0 Å². The van der Waals surface area contributed by atoms with Crippen LogP contribution < -0.4 is 5.73 Å². The molecule has 0 atom stereocenters. The standard InChI is InChI=1S/C13H21N3O2/c1-16(6-8-18-9-7-17)10-11-2-4-12(5-3-11)13(14)15/h2-5,17H,6-10H2,1H3,(H3,14,15). The van der Waals surface area contributed by atoms with Gasteiger partial charge in [-0.15, -0.1) is 0 Å². The number of ether oxygens (including phenoxy) is 1. The van der Waals surface area contributed by atoms with Crippen LogP contribution in [0.3, 0.4) is 0 Å². The van der Waals surface area contributed by atoms with Crippen LogP contribution in [0.2, 0.25) is 0 Å². The number of nitrogens with zero attached hydrogens (tertiary/aromatic N) is 1. The average molecular weight is 251 g/mol. The summed E-state index contributed by atoms with van der Waals surface area (Å²) in [5.74, 6) is 0.0901. The van der Waals surface area contributed by atoms with Gasteiger partial charge in [0.25, 0.3) is 0 Å². The number of aliphatic hydroxyl groups is 1. The highest BCUT2D eigenvalue weighted by atomic mass is 16.5. The molecule has 0 unspecified atom stereocenters. The summed E-state index contributed by atoms with van der Waals surface area (Å²) in [4.78, 5) is 2.14. The van der Waals surface area contributed by atoms with Crippen LogP contribution in [0.15, 0.2) is 24.3 Å². The molecule has 0 heterocycles. The van der Waals surface area contributed by atoms with Crippen LogP contribution in [0.25, 0.3) is 0 Å². The van der Waals surface area contributed by atoms with E-state index in [0.29, 0.717) is 13.2 Å². The van der Waals surface area contributed by atoms with Gasteiger partial charge in [-0.3, -0.25) is 10.3 Å². The highest BCUT2D eigenvalue weighted by molar-refractivity contribution is 5.94. The number of amidine groups is 1. The van der Waals surface area contributed by atoms with E-state index in [1.54, 1.807) is 0 Å². The highest BCUT2D eigenvalue weighted by Crippen LogP contribution is 2.06. The summed E-state index contributed by atoms with van der Waals surface area (Å²) in [6.07, 6.45) is 0. The van der Waals surface area contributed by atoms with Crippen LogP contribution in [0.5, 0.6) is 0 Å². The summed E-state index contributed by atoms with van der Waals surface area (Å²) in [6, 6.07) is 7.66. The summed E-state index contributed by atoms with van der Waals surface area (Å²) < 4.78 is 5.21. The van der Waals surface area contributed by atoms with E-state index in [0.717, 1.165) is 18.7 Å². The van der Waals surface area contributed by atoms with E-state index in [4.69, 9.17) is 21.0 Å². The fourth-order valence-corrected chi connectivity index (χ4v) is 1.57. The number of rotatable bonds is 8. The molecule has 0 saturated carbocycles. The van der Waals surface area contributed by atoms with Gasteiger partial charge in [0.05, 0.1) is 19.8 Å². The predicted molar refractivity (Wildman–Crippen MR) is 71.7 cm³/mol. The van der Waals surface area contributed by atoms with Gasteiger partial charge in [-0.05, 0) is 12.6 Å². The quantitative estimate of drug-likeness (QED) is 0.355. The van der Waals surface area contributed by atoms with Crippen LogP contribution >= 0.6 is 0 Å². The second kappa shape index (κ2) is 7.81. The summed E-state index contributed by atoms with van der Waals surface area (Å²) in [7, 11) is 2.02. The smallest absolute Gasteiger partial charge is 0.122 e. The lowest BCUT2D eigenvalue weighted by molar-refractivity contribution is 0.0773. The van der Waals surface area contributed by atoms with Gasteiger partial charge < -0.3 is 15.6 Å². The van der Waals surface area contributed by atoms with Crippen LogP contribution in [0.1, 0.15) is 11.1 Å². The number of likely N-dealkylation sites (N-methyl/N-ethyl adjacent to an activating group) is 1. The number of benzene rings is 1. The molecule has 18 heavy (non-hydrogen) atoms. The number of nitrogens with one attached hydrogen (secondary N) is 1. The Bertz CT molecular complexity index is 365. The summed E-state index contributed by atoms with van der Waals surface area (Å²) in [5, 5.41) is 15.9. The minimum Gasteiger partial charge on any atom is -0.394 e. The Kier molecular flexibility index (Phi) is 6.35. The molecule has 1 aromatic carbocycles. The Hall–Kier alpha value is -1.43. The lowest BCUT2D eigenvalue weighted by atomic mass is 10.1. The first-order chi connectivity index (χ1) is 8.63. The molecular formula is C13H21N3O2. The molecule has 1 rings (SSSR count). The Morgan fingerprint density at radius 3 is 2.56 bits per heavy atom. The number of hydrogen-bond acceptors (Lipinski definition) is 4. The van der Waals surface area contributed by atoms with E-state index in [1.165, 1.54) is 5.56 Å².